The van der Waals surface area contributed by atoms with Crippen LogP contribution in [-0.4, -0.2) is 62.2 Å². The van der Waals surface area contributed by atoms with Crippen LogP contribution in [0.1, 0.15) is 45.7 Å². The Morgan fingerprint density at radius 3 is 2.41 bits per heavy atom. The third-order valence-corrected chi connectivity index (χ3v) is 7.46. The number of carbonyl (C=O) groups excluding carboxylic acids is 2. The number of hydroxylamine groups is 2. The largest absolute Gasteiger partial charge is 0.444 e. The van der Waals surface area contributed by atoms with Crippen LogP contribution in [0.2, 0.25) is 10.0 Å². The van der Waals surface area contributed by atoms with E-state index in [1.54, 1.807) is 39.0 Å². The Balaban J connectivity index is 1.73. The van der Waals surface area contributed by atoms with Crippen molar-refractivity contribution in [1.29, 1.82) is 0 Å². The zero-order valence-corrected chi connectivity index (χ0v) is 25.5. The molecule has 10 heteroatoms. The molecule has 37 heavy (non-hydrogen) atoms. The number of benzene rings is 2. The molecule has 1 heterocycles. The van der Waals surface area contributed by atoms with E-state index in [0.717, 1.165) is 17.7 Å². The first-order valence-electron chi connectivity index (χ1n) is 12.2. The zero-order valence-electron chi connectivity index (χ0n) is 21.8. The van der Waals surface area contributed by atoms with Crippen molar-refractivity contribution in [2.45, 2.75) is 63.3 Å². The molecule has 7 nitrogen and oxygen atoms in total. The third kappa shape index (κ3) is 8.90. The number of carbonyl (C=O) groups is 2. The van der Waals surface area contributed by atoms with E-state index in [1.165, 1.54) is 5.06 Å². The zero-order chi connectivity index (χ0) is 27.3. The lowest BCUT2D eigenvalue weighted by Crippen LogP contribution is -2.51. The van der Waals surface area contributed by atoms with Gasteiger partial charge in [0.05, 0.1) is 16.6 Å². The molecular formula is C27H34Cl2IN3O4. The van der Waals surface area contributed by atoms with Crippen LogP contribution < -0.4 is 4.84 Å². The average Bonchev–Trinajstić information content (AvgIpc) is 2.80. The molecule has 3 rings (SSSR count). The van der Waals surface area contributed by atoms with Crippen molar-refractivity contribution >= 4 is 57.8 Å². The van der Waals surface area contributed by atoms with Crippen molar-refractivity contribution in [1.82, 2.24) is 14.9 Å². The molecule has 2 amide bonds. The summed E-state index contributed by atoms with van der Waals surface area (Å²) in [5, 5.41) is 1.93. The summed E-state index contributed by atoms with van der Waals surface area (Å²) in [4.78, 5) is 35.7. The SMILES string of the molecule is CC(C)N1CCN(Cc2cccc(CC(I)N(Oc3ccc(Cl)c(Cl)c3)C(=O)OC(C)(C)C)c2)C(=O)C1. The molecule has 0 aliphatic carbocycles. The Labute approximate surface area is 243 Å². The number of piperazine rings is 1. The van der Waals surface area contributed by atoms with E-state index in [9.17, 15) is 9.59 Å². The summed E-state index contributed by atoms with van der Waals surface area (Å²) in [5.74, 6) is 0.512. The van der Waals surface area contributed by atoms with Crippen molar-refractivity contribution in [2.75, 3.05) is 19.6 Å². The Kier molecular flexibility index (Phi) is 10.4. The van der Waals surface area contributed by atoms with Crippen LogP contribution in [0, 0.1) is 0 Å². The molecule has 0 radical (unpaired) electrons. The highest BCUT2D eigenvalue weighted by molar-refractivity contribution is 14.1. The number of alkyl halides is 1. The molecule has 1 saturated heterocycles. The molecule has 0 spiro atoms. The lowest BCUT2D eigenvalue weighted by molar-refractivity contribution is -0.137. The van der Waals surface area contributed by atoms with Crippen LogP contribution in [0.4, 0.5) is 4.79 Å². The molecule has 0 bridgehead atoms. The van der Waals surface area contributed by atoms with E-state index >= 15 is 0 Å². The van der Waals surface area contributed by atoms with Gasteiger partial charge in [-0.2, -0.15) is 0 Å². The summed E-state index contributed by atoms with van der Waals surface area (Å²) < 4.78 is 5.20. The summed E-state index contributed by atoms with van der Waals surface area (Å²) in [5.41, 5.74) is 1.36. The Hall–Kier alpha value is -1.75. The van der Waals surface area contributed by atoms with Gasteiger partial charge in [0.25, 0.3) is 0 Å². The van der Waals surface area contributed by atoms with Gasteiger partial charge in [-0.05, 0) is 57.9 Å². The molecule has 1 atom stereocenters. The van der Waals surface area contributed by atoms with Gasteiger partial charge >= 0.3 is 6.09 Å². The molecule has 0 aromatic heterocycles. The van der Waals surface area contributed by atoms with Crippen molar-refractivity contribution in [3.8, 4) is 5.75 Å². The molecule has 1 unspecified atom stereocenters. The number of hydrogen-bond acceptors (Lipinski definition) is 5. The number of amides is 2. The fourth-order valence-electron chi connectivity index (χ4n) is 3.85. The highest BCUT2D eigenvalue weighted by Gasteiger charge is 2.30. The predicted octanol–water partition coefficient (Wildman–Crippen LogP) is 6.58. The summed E-state index contributed by atoms with van der Waals surface area (Å²) in [6.45, 7) is 12.2. The topological polar surface area (TPSA) is 62.3 Å². The maximum absolute atomic E-state index is 13.1. The third-order valence-electron chi connectivity index (χ3n) is 5.77. The van der Waals surface area contributed by atoms with Gasteiger partial charge in [0.1, 0.15) is 9.65 Å². The highest BCUT2D eigenvalue weighted by atomic mass is 127. The quantitative estimate of drug-likeness (QED) is 0.138. The van der Waals surface area contributed by atoms with Gasteiger partial charge in [0.2, 0.25) is 5.91 Å². The molecule has 0 saturated carbocycles. The number of ether oxygens (including phenoxy) is 1. The minimum Gasteiger partial charge on any atom is -0.442 e. The van der Waals surface area contributed by atoms with E-state index < -0.39 is 15.7 Å². The molecule has 0 N–H and O–H groups in total. The van der Waals surface area contributed by atoms with Gasteiger partial charge in [0, 0.05) is 38.2 Å². The predicted molar refractivity (Wildman–Crippen MR) is 155 cm³/mol. The van der Waals surface area contributed by atoms with Crippen LogP contribution in [0.15, 0.2) is 42.5 Å². The Morgan fingerprint density at radius 2 is 1.78 bits per heavy atom. The molecular weight excluding hydrogens is 628 g/mol. The van der Waals surface area contributed by atoms with Crippen molar-refractivity contribution in [3.63, 3.8) is 0 Å². The van der Waals surface area contributed by atoms with Crippen LogP contribution in [0.3, 0.4) is 0 Å². The first kappa shape index (κ1) is 29.8. The van der Waals surface area contributed by atoms with Crippen LogP contribution >= 0.6 is 45.8 Å². The van der Waals surface area contributed by atoms with Crippen molar-refractivity contribution in [2.24, 2.45) is 0 Å². The molecule has 2 aromatic rings. The monoisotopic (exact) mass is 661 g/mol. The molecule has 1 aliphatic rings. The summed E-state index contributed by atoms with van der Waals surface area (Å²) in [6.07, 6.45) is -0.105. The van der Waals surface area contributed by atoms with Gasteiger partial charge in [-0.3, -0.25) is 9.69 Å². The first-order chi connectivity index (χ1) is 17.3. The minimum absolute atomic E-state index is 0.142. The van der Waals surface area contributed by atoms with Crippen LogP contribution in [0.5, 0.6) is 5.75 Å². The minimum atomic E-state index is -0.696. The van der Waals surface area contributed by atoms with Gasteiger partial charge in [-0.1, -0.05) is 70.1 Å². The Morgan fingerprint density at radius 1 is 1.08 bits per heavy atom. The van der Waals surface area contributed by atoms with E-state index in [4.69, 9.17) is 32.8 Å². The Bertz CT molecular complexity index is 1110. The smallest absolute Gasteiger partial charge is 0.442 e. The fraction of sp³-hybridized carbons (Fsp3) is 0.481. The number of halogens is 3. The van der Waals surface area contributed by atoms with E-state index in [1.807, 2.05) is 23.1 Å². The molecule has 1 aliphatic heterocycles. The van der Waals surface area contributed by atoms with Gasteiger partial charge in [0.15, 0.2) is 5.75 Å². The van der Waals surface area contributed by atoms with Crippen molar-refractivity contribution in [3.05, 3.63) is 63.6 Å². The highest BCUT2D eigenvalue weighted by Crippen LogP contribution is 2.29. The van der Waals surface area contributed by atoms with Crippen molar-refractivity contribution < 1.29 is 19.2 Å². The van der Waals surface area contributed by atoms with E-state index in [2.05, 4.69) is 47.4 Å². The number of rotatable bonds is 8. The summed E-state index contributed by atoms with van der Waals surface area (Å²) in [6, 6.07) is 13.2. The lowest BCUT2D eigenvalue weighted by atomic mass is 10.1. The van der Waals surface area contributed by atoms with Gasteiger partial charge in [-0.25, -0.2) is 4.79 Å². The maximum atomic E-state index is 13.1. The fourth-order valence-corrected chi connectivity index (χ4v) is 4.99. The summed E-state index contributed by atoms with van der Waals surface area (Å²) in [7, 11) is 0. The summed E-state index contributed by atoms with van der Waals surface area (Å²) >= 11 is 14.3. The normalized spacial score (nSPS) is 15.6. The molecule has 1 fully saturated rings. The second-order valence-corrected chi connectivity index (χ2v) is 12.6. The van der Waals surface area contributed by atoms with Crippen LogP contribution in [-0.2, 0) is 22.5 Å². The molecule has 202 valence electrons. The second-order valence-electron chi connectivity index (χ2n) is 10.3. The first-order valence-corrected chi connectivity index (χ1v) is 14.2. The standard InChI is InChI=1S/C27H34Cl2IN3O4/c1-18(2)31-11-12-32(25(34)17-31)16-20-8-6-7-19(13-20)14-24(30)33(26(35)36-27(3,4)5)37-21-9-10-22(28)23(29)15-21/h6-10,13,15,18,24H,11-12,14,16-17H2,1-5H3. The average molecular weight is 662 g/mol. The van der Waals surface area contributed by atoms with E-state index in [-0.39, 0.29) is 5.91 Å². The second kappa shape index (κ2) is 12.9. The van der Waals surface area contributed by atoms with Gasteiger partial charge < -0.3 is 14.5 Å². The lowest BCUT2D eigenvalue weighted by Gasteiger charge is -2.36. The number of nitrogens with zero attached hydrogens (tertiary/aromatic N) is 3. The van der Waals surface area contributed by atoms with Crippen LogP contribution in [0.25, 0.3) is 0 Å². The van der Waals surface area contributed by atoms with E-state index in [0.29, 0.717) is 47.9 Å². The van der Waals surface area contributed by atoms with Gasteiger partial charge in [-0.15, -0.1) is 5.06 Å². The maximum Gasteiger partial charge on any atom is 0.444 e. The molecule has 2 aromatic carbocycles. The number of hydrogen-bond donors (Lipinski definition) is 0.